The number of hydrogen-bond donors (Lipinski definition) is 0. The molecule has 0 unspecified atom stereocenters. The zero-order chi connectivity index (χ0) is 12.3. The summed E-state index contributed by atoms with van der Waals surface area (Å²) in [5.41, 5.74) is 0. The van der Waals surface area contributed by atoms with Gasteiger partial charge in [-0.05, 0) is 19.8 Å². The number of hydrogen-bond acceptors (Lipinski definition) is 4. The molecule has 0 N–H and O–H groups in total. The summed E-state index contributed by atoms with van der Waals surface area (Å²) < 4.78 is 30.9. The van der Waals surface area contributed by atoms with E-state index in [1.807, 2.05) is 0 Å². The van der Waals surface area contributed by atoms with Gasteiger partial charge in [-0.1, -0.05) is 0 Å². The van der Waals surface area contributed by atoms with Gasteiger partial charge in [-0.25, -0.2) is 0 Å². The molecule has 0 atom stereocenters. The van der Waals surface area contributed by atoms with Gasteiger partial charge >= 0.3 is 5.97 Å². The van der Waals surface area contributed by atoms with Gasteiger partial charge in [-0.3, -0.25) is 4.79 Å². The molecule has 0 aliphatic heterocycles. The Hall–Kier alpha value is -0.660. The molecule has 1 aliphatic carbocycles. The summed E-state index contributed by atoms with van der Waals surface area (Å²) in [6, 6.07) is -0.0446. The van der Waals surface area contributed by atoms with Crippen LogP contribution in [0, 0.1) is 0 Å². The number of nitrogens with zero attached hydrogens (tertiary/aromatic N) is 2. The van der Waals surface area contributed by atoms with E-state index in [-0.39, 0.29) is 19.2 Å². The lowest BCUT2D eigenvalue weighted by Gasteiger charge is -2.24. The van der Waals surface area contributed by atoms with Crippen molar-refractivity contribution in [3.8, 4) is 0 Å². The molecule has 0 aromatic rings. The Labute approximate surface area is 96.3 Å². The second-order valence-corrected chi connectivity index (χ2v) is 5.97. The average Bonchev–Trinajstić information content (AvgIpc) is 2.97. The number of esters is 1. The predicted molar refractivity (Wildman–Crippen MR) is 59.0 cm³/mol. The molecule has 1 saturated carbocycles. The van der Waals surface area contributed by atoms with Gasteiger partial charge in [-0.15, -0.1) is 0 Å². The first kappa shape index (κ1) is 13.4. The van der Waals surface area contributed by atoms with E-state index < -0.39 is 16.2 Å². The number of rotatable bonds is 6. The molecule has 0 aromatic heterocycles. The Bertz CT molecular complexity index is 349. The van der Waals surface area contributed by atoms with Crippen LogP contribution in [0.4, 0.5) is 0 Å². The smallest absolute Gasteiger partial charge is 0.321 e. The van der Waals surface area contributed by atoms with Crippen LogP contribution < -0.4 is 0 Å². The number of carbonyl (C=O) groups excluding carboxylic acids is 1. The minimum absolute atomic E-state index is 0.0446. The third-order valence-corrected chi connectivity index (χ3v) is 4.25. The normalized spacial score (nSPS) is 16.8. The van der Waals surface area contributed by atoms with Crippen LogP contribution in [0.2, 0.25) is 0 Å². The third-order valence-electron chi connectivity index (χ3n) is 2.30. The van der Waals surface area contributed by atoms with Crippen molar-refractivity contribution < 1.29 is 17.9 Å². The topological polar surface area (TPSA) is 66.9 Å². The van der Waals surface area contributed by atoms with Crippen LogP contribution in [0.1, 0.15) is 19.8 Å². The molecule has 1 aliphatic rings. The summed E-state index contributed by atoms with van der Waals surface area (Å²) in [5, 5.41) is 0. The second-order valence-electron chi connectivity index (χ2n) is 3.87. The highest BCUT2D eigenvalue weighted by molar-refractivity contribution is 7.86. The van der Waals surface area contributed by atoms with Crippen molar-refractivity contribution in [1.29, 1.82) is 0 Å². The number of carbonyl (C=O) groups is 1. The van der Waals surface area contributed by atoms with Crippen LogP contribution in [0.3, 0.4) is 0 Å². The average molecular weight is 250 g/mol. The highest BCUT2D eigenvalue weighted by Gasteiger charge is 2.39. The van der Waals surface area contributed by atoms with Crippen LogP contribution in [-0.2, 0) is 19.7 Å². The molecular weight excluding hydrogens is 232 g/mol. The van der Waals surface area contributed by atoms with Crippen LogP contribution in [-0.4, -0.2) is 56.3 Å². The molecular formula is C9H18N2O4S. The molecule has 6 nitrogen and oxygen atoms in total. The largest absolute Gasteiger partial charge is 0.465 e. The molecule has 7 heteroatoms. The summed E-state index contributed by atoms with van der Waals surface area (Å²) in [4.78, 5) is 11.3. The van der Waals surface area contributed by atoms with Gasteiger partial charge in [0.2, 0.25) is 0 Å². The summed E-state index contributed by atoms with van der Waals surface area (Å²) in [5.74, 6) is -0.500. The van der Waals surface area contributed by atoms with Crippen LogP contribution in [0.25, 0.3) is 0 Å². The standard InChI is InChI=1S/C9H18N2O4S/c1-4-15-9(12)7-11(8-5-6-8)16(13,14)10(2)3/h8H,4-7H2,1-3H3. The fourth-order valence-electron chi connectivity index (χ4n) is 1.31. The zero-order valence-corrected chi connectivity index (χ0v) is 10.7. The van der Waals surface area contributed by atoms with Crippen molar-refractivity contribution in [2.24, 2.45) is 0 Å². The summed E-state index contributed by atoms with van der Waals surface area (Å²) in [6.07, 6.45) is 1.62. The zero-order valence-electron chi connectivity index (χ0n) is 9.84. The molecule has 0 heterocycles. The molecule has 0 bridgehead atoms. The summed E-state index contributed by atoms with van der Waals surface area (Å²) >= 11 is 0. The molecule has 0 spiro atoms. The molecule has 0 radical (unpaired) electrons. The first-order valence-electron chi connectivity index (χ1n) is 5.24. The lowest BCUT2D eigenvalue weighted by molar-refractivity contribution is -0.143. The molecule has 94 valence electrons. The molecule has 0 amide bonds. The van der Waals surface area contributed by atoms with Crippen molar-refractivity contribution in [3.63, 3.8) is 0 Å². The molecule has 0 aromatic carbocycles. The van der Waals surface area contributed by atoms with E-state index in [2.05, 4.69) is 0 Å². The third kappa shape index (κ3) is 3.16. The highest BCUT2D eigenvalue weighted by atomic mass is 32.2. The van der Waals surface area contributed by atoms with E-state index in [4.69, 9.17) is 4.74 Å². The maximum Gasteiger partial charge on any atom is 0.321 e. The molecule has 1 fully saturated rings. The Kier molecular flexibility index (Phi) is 4.28. The summed E-state index contributed by atoms with van der Waals surface area (Å²) in [6.45, 7) is 1.76. The fraction of sp³-hybridized carbons (Fsp3) is 0.889. The van der Waals surface area contributed by atoms with E-state index >= 15 is 0 Å². The van der Waals surface area contributed by atoms with Gasteiger partial charge in [0.1, 0.15) is 6.54 Å². The van der Waals surface area contributed by atoms with Crippen molar-refractivity contribution >= 4 is 16.2 Å². The number of ether oxygens (including phenoxy) is 1. The van der Waals surface area contributed by atoms with E-state index in [1.54, 1.807) is 6.92 Å². The predicted octanol–water partition coefficient (Wildman–Crippen LogP) is -0.180. The van der Waals surface area contributed by atoms with Crippen LogP contribution >= 0.6 is 0 Å². The molecule has 16 heavy (non-hydrogen) atoms. The first-order valence-corrected chi connectivity index (χ1v) is 6.64. The highest BCUT2D eigenvalue weighted by Crippen LogP contribution is 2.29. The Balaban J connectivity index is 2.72. The Morgan fingerprint density at radius 2 is 1.94 bits per heavy atom. The van der Waals surface area contributed by atoms with E-state index in [0.29, 0.717) is 0 Å². The molecule has 1 rings (SSSR count). The lowest BCUT2D eigenvalue weighted by Crippen LogP contribution is -2.44. The van der Waals surface area contributed by atoms with Crippen LogP contribution in [0.15, 0.2) is 0 Å². The molecule has 0 saturated heterocycles. The van der Waals surface area contributed by atoms with Gasteiger partial charge in [0, 0.05) is 20.1 Å². The van der Waals surface area contributed by atoms with Crippen LogP contribution in [0.5, 0.6) is 0 Å². The quantitative estimate of drug-likeness (QED) is 0.613. The maximum atomic E-state index is 11.9. The minimum atomic E-state index is -3.52. The first-order chi connectivity index (χ1) is 7.39. The SMILES string of the molecule is CCOC(=O)CN(C1CC1)S(=O)(=O)N(C)C. The van der Waals surface area contributed by atoms with Crippen molar-refractivity contribution in [2.75, 3.05) is 27.2 Å². The maximum absolute atomic E-state index is 11.9. The Morgan fingerprint density at radius 1 is 1.38 bits per heavy atom. The van der Waals surface area contributed by atoms with Gasteiger partial charge in [0.05, 0.1) is 6.61 Å². The van der Waals surface area contributed by atoms with E-state index in [0.717, 1.165) is 17.1 Å². The van der Waals surface area contributed by atoms with Gasteiger partial charge in [-0.2, -0.15) is 17.0 Å². The Morgan fingerprint density at radius 3 is 2.31 bits per heavy atom. The minimum Gasteiger partial charge on any atom is -0.465 e. The second kappa shape index (κ2) is 5.11. The van der Waals surface area contributed by atoms with Gasteiger partial charge in [0.15, 0.2) is 0 Å². The summed E-state index contributed by atoms with van der Waals surface area (Å²) in [7, 11) is -0.615. The van der Waals surface area contributed by atoms with E-state index in [9.17, 15) is 13.2 Å². The van der Waals surface area contributed by atoms with E-state index in [1.165, 1.54) is 18.4 Å². The van der Waals surface area contributed by atoms with Crippen molar-refractivity contribution in [2.45, 2.75) is 25.8 Å². The fourth-order valence-corrected chi connectivity index (χ4v) is 2.58. The van der Waals surface area contributed by atoms with Gasteiger partial charge < -0.3 is 4.74 Å². The van der Waals surface area contributed by atoms with Crippen molar-refractivity contribution in [1.82, 2.24) is 8.61 Å². The lowest BCUT2D eigenvalue weighted by atomic mass is 10.6. The monoisotopic (exact) mass is 250 g/mol. The van der Waals surface area contributed by atoms with Gasteiger partial charge in [0.25, 0.3) is 10.2 Å². The van der Waals surface area contributed by atoms with Crippen molar-refractivity contribution in [3.05, 3.63) is 0 Å².